The number of halogens is 1. The summed E-state index contributed by atoms with van der Waals surface area (Å²) in [7, 11) is 1.50. The quantitative estimate of drug-likeness (QED) is 0.415. The van der Waals surface area contributed by atoms with Crippen molar-refractivity contribution in [3.63, 3.8) is 0 Å². The average molecular weight is 342 g/mol. The van der Waals surface area contributed by atoms with Crippen LogP contribution in [0.15, 0.2) is 23.1 Å². The lowest BCUT2D eigenvalue weighted by Gasteiger charge is -2.14. The van der Waals surface area contributed by atoms with Crippen LogP contribution in [0.3, 0.4) is 0 Å². The first-order valence-corrected chi connectivity index (χ1v) is 9.21. The number of carbonyl (C=O) groups excluding carboxylic acids is 1. The summed E-state index contributed by atoms with van der Waals surface area (Å²) in [4.78, 5) is 12.3. The van der Waals surface area contributed by atoms with Gasteiger partial charge in [-0.3, -0.25) is 4.79 Å². The zero-order chi connectivity index (χ0) is 17.1. The Hall–Kier alpha value is -1.23. The molecule has 0 aliphatic rings. The van der Waals surface area contributed by atoms with E-state index in [0.29, 0.717) is 35.3 Å². The van der Waals surface area contributed by atoms with Crippen LogP contribution in [0.25, 0.3) is 0 Å². The summed E-state index contributed by atoms with van der Waals surface area (Å²) in [5.41, 5.74) is 0. The van der Waals surface area contributed by atoms with Crippen LogP contribution in [0.1, 0.15) is 46.0 Å². The molecule has 1 rings (SSSR count). The third kappa shape index (κ3) is 7.73. The van der Waals surface area contributed by atoms with E-state index in [1.807, 2.05) is 0 Å². The molecule has 0 spiro atoms. The van der Waals surface area contributed by atoms with Crippen LogP contribution >= 0.6 is 11.8 Å². The zero-order valence-corrected chi connectivity index (χ0v) is 15.1. The maximum absolute atomic E-state index is 13.8. The number of hydrogen-bond donors (Lipinski definition) is 0. The van der Waals surface area contributed by atoms with Gasteiger partial charge in [-0.25, -0.2) is 4.39 Å². The smallest absolute Gasteiger partial charge is 0.306 e. The second-order valence-electron chi connectivity index (χ2n) is 5.49. The molecule has 0 amide bonds. The maximum atomic E-state index is 13.8. The van der Waals surface area contributed by atoms with E-state index in [4.69, 9.17) is 9.47 Å². The first-order valence-electron chi connectivity index (χ1n) is 8.22. The highest BCUT2D eigenvalue weighted by Gasteiger charge is 2.11. The van der Waals surface area contributed by atoms with Crippen molar-refractivity contribution >= 4 is 17.7 Å². The molecule has 130 valence electrons. The number of methoxy groups -OCH3 is 1. The van der Waals surface area contributed by atoms with Gasteiger partial charge < -0.3 is 9.47 Å². The highest BCUT2D eigenvalue weighted by Crippen LogP contribution is 2.26. The van der Waals surface area contributed by atoms with E-state index in [-0.39, 0.29) is 11.8 Å². The second-order valence-corrected chi connectivity index (χ2v) is 6.63. The summed E-state index contributed by atoms with van der Waals surface area (Å²) in [6.45, 7) is 4.78. The second kappa shape index (κ2) is 11.3. The van der Waals surface area contributed by atoms with Crippen LogP contribution in [0.2, 0.25) is 0 Å². The molecule has 0 bridgehead atoms. The average Bonchev–Trinajstić information content (AvgIpc) is 2.56. The Balaban J connectivity index is 2.28. The summed E-state index contributed by atoms with van der Waals surface area (Å²) < 4.78 is 24.1. The van der Waals surface area contributed by atoms with Crippen molar-refractivity contribution in [3.8, 4) is 5.75 Å². The molecule has 5 heteroatoms. The molecule has 1 aromatic carbocycles. The standard InChI is InChI=1S/C18H27FO3S/c1-4-6-7-14(5-2)13-22-18(20)10-11-23-17-9-8-15(21-3)12-16(17)19/h8-9,12,14H,4-7,10-11,13H2,1-3H3. The molecular weight excluding hydrogens is 315 g/mol. The fourth-order valence-electron chi connectivity index (χ4n) is 2.15. The number of unbranched alkanes of at least 4 members (excludes halogenated alkanes) is 1. The van der Waals surface area contributed by atoms with Gasteiger partial charge in [0.15, 0.2) is 0 Å². The third-order valence-electron chi connectivity index (χ3n) is 3.73. The largest absolute Gasteiger partial charge is 0.497 e. The van der Waals surface area contributed by atoms with E-state index in [0.717, 1.165) is 19.3 Å². The predicted octanol–water partition coefficient (Wildman–Crippen LogP) is 5.08. The molecule has 23 heavy (non-hydrogen) atoms. The van der Waals surface area contributed by atoms with E-state index in [1.165, 1.54) is 31.4 Å². The predicted molar refractivity (Wildman–Crippen MR) is 92.6 cm³/mol. The minimum atomic E-state index is -0.326. The van der Waals surface area contributed by atoms with Crippen LogP contribution in [-0.4, -0.2) is 25.4 Å². The van der Waals surface area contributed by atoms with Crippen molar-refractivity contribution in [1.29, 1.82) is 0 Å². The Morgan fingerprint density at radius 2 is 2.13 bits per heavy atom. The van der Waals surface area contributed by atoms with Gasteiger partial charge in [0.25, 0.3) is 0 Å². The van der Waals surface area contributed by atoms with E-state index in [2.05, 4.69) is 13.8 Å². The van der Waals surface area contributed by atoms with E-state index >= 15 is 0 Å². The number of carbonyl (C=O) groups is 1. The highest BCUT2D eigenvalue weighted by molar-refractivity contribution is 7.99. The normalized spacial score (nSPS) is 12.0. The van der Waals surface area contributed by atoms with Crippen LogP contribution in [0.5, 0.6) is 5.75 Å². The number of hydrogen-bond acceptors (Lipinski definition) is 4. The number of benzene rings is 1. The lowest BCUT2D eigenvalue weighted by Crippen LogP contribution is -2.14. The van der Waals surface area contributed by atoms with Crippen LogP contribution in [0, 0.1) is 11.7 Å². The molecule has 0 aliphatic heterocycles. The molecule has 1 unspecified atom stereocenters. The minimum absolute atomic E-state index is 0.207. The van der Waals surface area contributed by atoms with Gasteiger partial charge in [-0.15, -0.1) is 11.8 Å². The third-order valence-corrected chi connectivity index (χ3v) is 4.78. The Kier molecular flexibility index (Phi) is 9.76. The lowest BCUT2D eigenvalue weighted by atomic mass is 10.0. The molecule has 0 fully saturated rings. The Morgan fingerprint density at radius 3 is 2.74 bits per heavy atom. The molecule has 0 aliphatic carbocycles. The van der Waals surface area contributed by atoms with Gasteiger partial charge >= 0.3 is 5.97 Å². The van der Waals surface area contributed by atoms with Crippen molar-refractivity contribution in [2.45, 2.75) is 50.8 Å². The van der Waals surface area contributed by atoms with Crippen molar-refractivity contribution in [3.05, 3.63) is 24.0 Å². The van der Waals surface area contributed by atoms with Crippen molar-refractivity contribution in [1.82, 2.24) is 0 Å². The maximum Gasteiger partial charge on any atom is 0.306 e. The van der Waals surface area contributed by atoms with Gasteiger partial charge in [-0.05, 0) is 24.5 Å². The fourth-order valence-corrected chi connectivity index (χ4v) is 3.00. The summed E-state index contributed by atoms with van der Waals surface area (Å²) in [6, 6.07) is 4.73. The molecule has 0 saturated heterocycles. The first-order chi connectivity index (χ1) is 11.1. The lowest BCUT2D eigenvalue weighted by molar-refractivity contribution is -0.144. The van der Waals surface area contributed by atoms with Crippen LogP contribution < -0.4 is 4.74 Å². The minimum Gasteiger partial charge on any atom is -0.497 e. The fraction of sp³-hybridized carbons (Fsp3) is 0.611. The number of thioether (sulfide) groups is 1. The summed E-state index contributed by atoms with van der Waals surface area (Å²) in [5, 5.41) is 0. The first kappa shape index (κ1) is 19.8. The molecule has 0 radical (unpaired) electrons. The molecule has 1 atom stereocenters. The van der Waals surface area contributed by atoms with E-state index < -0.39 is 0 Å². The monoisotopic (exact) mass is 342 g/mol. The van der Waals surface area contributed by atoms with Crippen molar-refractivity contribution in [2.75, 3.05) is 19.5 Å². The molecular formula is C18H27FO3S. The Labute approximate surface area is 142 Å². The van der Waals surface area contributed by atoms with Gasteiger partial charge in [0.2, 0.25) is 0 Å². The Morgan fingerprint density at radius 1 is 1.35 bits per heavy atom. The van der Waals surface area contributed by atoms with Crippen molar-refractivity contribution < 1.29 is 18.7 Å². The van der Waals surface area contributed by atoms with Crippen molar-refractivity contribution in [2.24, 2.45) is 5.92 Å². The zero-order valence-electron chi connectivity index (χ0n) is 14.3. The highest BCUT2D eigenvalue weighted by atomic mass is 32.2. The molecule has 0 saturated carbocycles. The summed E-state index contributed by atoms with van der Waals surface area (Å²) in [5.74, 6) is 0.914. The summed E-state index contributed by atoms with van der Waals surface area (Å²) in [6.07, 6.45) is 4.75. The number of rotatable bonds is 11. The Bertz CT molecular complexity index is 479. The molecule has 0 aromatic heterocycles. The number of ether oxygens (including phenoxy) is 2. The summed E-state index contributed by atoms with van der Waals surface area (Å²) >= 11 is 1.32. The SMILES string of the molecule is CCCCC(CC)COC(=O)CCSc1ccc(OC)cc1F. The molecule has 1 aromatic rings. The van der Waals surface area contributed by atoms with E-state index in [9.17, 15) is 9.18 Å². The van der Waals surface area contributed by atoms with Gasteiger partial charge in [-0.2, -0.15) is 0 Å². The molecule has 3 nitrogen and oxygen atoms in total. The van der Waals surface area contributed by atoms with Gasteiger partial charge in [0.1, 0.15) is 11.6 Å². The topological polar surface area (TPSA) is 35.5 Å². The van der Waals surface area contributed by atoms with Crippen LogP contribution in [0.4, 0.5) is 4.39 Å². The number of esters is 1. The van der Waals surface area contributed by atoms with Gasteiger partial charge in [-0.1, -0.05) is 33.1 Å². The van der Waals surface area contributed by atoms with Crippen LogP contribution in [-0.2, 0) is 9.53 Å². The molecule has 0 N–H and O–H groups in total. The van der Waals surface area contributed by atoms with Gasteiger partial charge in [0.05, 0.1) is 20.1 Å². The van der Waals surface area contributed by atoms with Gasteiger partial charge in [0, 0.05) is 16.7 Å². The molecule has 0 heterocycles. The van der Waals surface area contributed by atoms with E-state index in [1.54, 1.807) is 12.1 Å².